The number of anilines is 1. The minimum Gasteiger partial charge on any atom is -0.497 e. The molecule has 1 heterocycles. The smallest absolute Gasteiger partial charge is 0.264 e. The van der Waals surface area contributed by atoms with E-state index in [2.05, 4.69) is 101 Å². The summed E-state index contributed by atoms with van der Waals surface area (Å²) in [5.74, 6) is 0.632. The van der Waals surface area contributed by atoms with E-state index in [1.54, 1.807) is 35.7 Å². The van der Waals surface area contributed by atoms with Gasteiger partial charge in [0.2, 0.25) is 0 Å². The van der Waals surface area contributed by atoms with E-state index in [1.807, 2.05) is 30.3 Å². The normalized spacial score (nSPS) is 14.9. The van der Waals surface area contributed by atoms with E-state index < -0.39 is 10.0 Å². The Bertz CT molecular complexity index is 1740. The summed E-state index contributed by atoms with van der Waals surface area (Å²) < 4.78 is 35.3. The lowest BCUT2D eigenvalue weighted by Gasteiger charge is -2.41. The molecule has 0 N–H and O–H groups in total. The van der Waals surface area contributed by atoms with Gasteiger partial charge in [0.15, 0.2) is 0 Å². The van der Waals surface area contributed by atoms with Crippen molar-refractivity contribution < 1.29 is 13.2 Å². The summed E-state index contributed by atoms with van der Waals surface area (Å²) in [7, 11) is -2.21. The van der Waals surface area contributed by atoms with E-state index in [9.17, 15) is 8.42 Å². The number of methoxy groups -OCH3 is 1. The maximum absolute atomic E-state index is 14.2. The van der Waals surface area contributed by atoms with Gasteiger partial charge in [-0.25, -0.2) is 8.42 Å². The number of piperidine rings is 1. The third-order valence-electron chi connectivity index (χ3n) is 9.27. The summed E-state index contributed by atoms with van der Waals surface area (Å²) >= 11 is 0. The summed E-state index contributed by atoms with van der Waals surface area (Å²) in [6.45, 7) is 4.25. The zero-order chi connectivity index (χ0) is 33.2. The SMILES string of the molecule is COc1ccc(S(=O)(=O)N(c2ccccc2)C2CCN(C[C@H](Cc3ccccc3)N(Cc3ccccc3)Cc3ccccc3)CC2)cc1. The molecule has 0 unspecified atom stereocenters. The van der Waals surface area contributed by atoms with Crippen LogP contribution in [0.1, 0.15) is 29.5 Å². The molecule has 1 saturated heterocycles. The first-order chi connectivity index (χ1) is 23.5. The zero-order valence-corrected chi connectivity index (χ0v) is 28.5. The van der Waals surface area contributed by atoms with E-state index in [1.165, 1.54) is 16.7 Å². The van der Waals surface area contributed by atoms with Crippen molar-refractivity contribution in [3.8, 4) is 5.75 Å². The average molecular weight is 660 g/mol. The van der Waals surface area contributed by atoms with Crippen LogP contribution in [0.4, 0.5) is 5.69 Å². The van der Waals surface area contributed by atoms with Crippen molar-refractivity contribution in [3.05, 3.63) is 162 Å². The Balaban J connectivity index is 1.23. The van der Waals surface area contributed by atoms with Gasteiger partial charge < -0.3 is 9.64 Å². The van der Waals surface area contributed by atoms with Crippen LogP contribution >= 0.6 is 0 Å². The molecule has 1 aliphatic rings. The van der Waals surface area contributed by atoms with Crippen LogP contribution in [0.15, 0.2) is 150 Å². The van der Waals surface area contributed by atoms with E-state index in [-0.39, 0.29) is 17.0 Å². The summed E-state index contributed by atoms with van der Waals surface area (Å²) in [5.41, 5.74) is 4.62. The highest BCUT2D eigenvalue weighted by molar-refractivity contribution is 7.92. The molecule has 0 amide bonds. The maximum atomic E-state index is 14.2. The van der Waals surface area contributed by atoms with E-state index in [0.717, 1.165) is 52.0 Å². The van der Waals surface area contributed by atoms with E-state index in [4.69, 9.17) is 4.74 Å². The molecule has 7 heteroatoms. The molecule has 0 spiro atoms. The van der Waals surface area contributed by atoms with Crippen molar-refractivity contribution in [2.75, 3.05) is 31.0 Å². The molecule has 248 valence electrons. The standard InChI is InChI=1S/C41H45N3O3S/c1-47-40-22-24-41(25-23-40)48(45,46)44(37-20-12-5-13-21-37)38-26-28-42(29-27-38)33-39(30-34-14-6-2-7-15-34)43(31-35-16-8-3-9-17-35)32-36-18-10-4-11-19-36/h2-25,38-39H,26-33H2,1H3/t39-/m0/s1. The number of benzene rings is 5. The Hall–Kier alpha value is -4.43. The van der Waals surface area contributed by atoms with Crippen LogP contribution in [-0.2, 0) is 29.5 Å². The molecule has 48 heavy (non-hydrogen) atoms. The fourth-order valence-electron chi connectivity index (χ4n) is 6.76. The molecule has 1 aliphatic heterocycles. The van der Waals surface area contributed by atoms with Crippen LogP contribution in [-0.4, -0.2) is 57.0 Å². The van der Waals surface area contributed by atoms with Gasteiger partial charge in [0.25, 0.3) is 10.0 Å². The fraction of sp³-hybridized carbons (Fsp3) is 0.268. The van der Waals surface area contributed by atoms with Gasteiger partial charge in [-0.1, -0.05) is 109 Å². The Morgan fingerprint density at radius 2 is 1.15 bits per heavy atom. The van der Waals surface area contributed by atoms with E-state index in [0.29, 0.717) is 11.4 Å². The highest BCUT2D eigenvalue weighted by Crippen LogP contribution is 2.31. The van der Waals surface area contributed by atoms with Gasteiger partial charge in [-0.3, -0.25) is 9.21 Å². The highest BCUT2D eigenvalue weighted by Gasteiger charge is 2.35. The Morgan fingerprint density at radius 3 is 1.65 bits per heavy atom. The van der Waals surface area contributed by atoms with Crippen LogP contribution in [0, 0.1) is 0 Å². The molecule has 0 aliphatic carbocycles. The Labute approximate surface area is 286 Å². The van der Waals surface area contributed by atoms with Crippen LogP contribution in [0.5, 0.6) is 5.75 Å². The molecule has 6 nitrogen and oxygen atoms in total. The quantitative estimate of drug-likeness (QED) is 0.123. The second kappa shape index (κ2) is 16.1. The molecule has 0 radical (unpaired) electrons. The topological polar surface area (TPSA) is 53.1 Å². The monoisotopic (exact) mass is 659 g/mol. The molecule has 1 fully saturated rings. The lowest BCUT2D eigenvalue weighted by molar-refractivity contribution is 0.109. The second-order valence-electron chi connectivity index (χ2n) is 12.6. The van der Waals surface area contributed by atoms with Crippen molar-refractivity contribution in [2.45, 2.75) is 49.3 Å². The van der Waals surface area contributed by atoms with Gasteiger partial charge in [-0.2, -0.15) is 0 Å². The predicted octanol–water partition coefficient (Wildman–Crippen LogP) is 7.67. The predicted molar refractivity (Wildman–Crippen MR) is 195 cm³/mol. The van der Waals surface area contributed by atoms with Gasteiger partial charge in [-0.05, 0) is 72.4 Å². The number of hydrogen-bond donors (Lipinski definition) is 0. The van der Waals surface area contributed by atoms with Crippen LogP contribution in [0.3, 0.4) is 0 Å². The van der Waals surface area contributed by atoms with Crippen molar-refractivity contribution in [2.24, 2.45) is 0 Å². The number of likely N-dealkylation sites (tertiary alicyclic amines) is 1. The number of para-hydroxylation sites is 1. The van der Waals surface area contributed by atoms with Gasteiger partial charge in [0, 0.05) is 44.8 Å². The van der Waals surface area contributed by atoms with Crippen molar-refractivity contribution in [1.29, 1.82) is 0 Å². The third kappa shape index (κ3) is 8.53. The summed E-state index contributed by atoms with van der Waals surface area (Å²) in [6.07, 6.45) is 2.43. The average Bonchev–Trinajstić information content (AvgIpc) is 3.13. The molecular weight excluding hydrogens is 615 g/mol. The number of rotatable bonds is 14. The van der Waals surface area contributed by atoms with Crippen LogP contribution in [0.25, 0.3) is 0 Å². The summed E-state index contributed by atoms with van der Waals surface area (Å²) in [6, 6.07) is 48.6. The molecule has 6 rings (SSSR count). The molecule has 5 aromatic rings. The third-order valence-corrected chi connectivity index (χ3v) is 11.2. The molecular formula is C41H45N3O3S. The first-order valence-corrected chi connectivity index (χ1v) is 18.3. The Morgan fingerprint density at radius 1 is 0.667 bits per heavy atom. The molecule has 0 bridgehead atoms. The summed E-state index contributed by atoms with van der Waals surface area (Å²) in [4.78, 5) is 5.43. The number of ether oxygens (including phenoxy) is 1. The van der Waals surface area contributed by atoms with Crippen molar-refractivity contribution in [1.82, 2.24) is 9.80 Å². The lowest BCUT2D eigenvalue weighted by atomic mass is 9.99. The minimum absolute atomic E-state index is 0.145. The molecule has 0 aromatic heterocycles. The number of hydrogen-bond acceptors (Lipinski definition) is 5. The van der Waals surface area contributed by atoms with Crippen molar-refractivity contribution >= 4 is 15.7 Å². The number of sulfonamides is 1. The first kappa shape index (κ1) is 33.5. The first-order valence-electron chi connectivity index (χ1n) is 16.8. The maximum Gasteiger partial charge on any atom is 0.264 e. The van der Waals surface area contributed by atoms with E-state index >= 15 is 0 Å². The minimum atomic E-state index is -3.79. The van der Waals surface area contributed by atoms with Crippen molar-refractivity contribution in [3.63, 3.8) is 0 Å². The highest BCUT2D eigenvalue weighted by atomic mass is 32.2. The largest absolute Gasteiger partial charge is 0.497 e. The molecule has 5 aromatic carbocycles. The number of nitrogens with zero attached hydrogens (tertiary/aromatic N) is 3. The van der Waals surface area contributed by atoms with Gasteiger partial charge in [-0.15, -0.1) is 0 Å². The van der Waals surface area contributed by atoms with Gasteiger partial charge >= 0.3 is 0 Å². The lowest BCUT2D eigenvalue weighted by Crippen LogP contribution is -2.51. The fourth-order valence-corrected chi connectivity index (χ4v) is 8.47. The molecule has 0 saturated carbocycles. The van der Waals surface area contributed by atoms with Crippen LogP contribution < -0.4 is 9.04 Å². The Kier molecular flexibility index (Phi) is 11.2. The zero-order valence-electron chi connectivity index (χ0n) is 27.6. The van der Waals surface area contributed by atoms with Gasteiger partial charge in [0.1, 0.15) is 5.75 Å². The molecule has 1 atom stereocenters. The van der Waals surface area contributed by atoms with Crippen LogP contribution in [0.2, 0.25) is 0 Å². The summed E-state index contributed by atoms with van der Waals surface area (Å²) in [5, 5.41) is 0. The second-order valence-corrected chi connectivity index (χ2v) is 14.4. The van der Waals surface area contributed by atoms with Gasteiger partial charge in [0.05, 0.1) is 17.7 Å².